The molecule has 0 fully saturated rings. The second-order valence-corrected chi connectivity index (χ2v) is 4.75. The number of hydrogen-bond donors (Lipinski definition) is 2. The molecular formula is C11H18N4O2. The summed E-state index contributed by atoms with van der Waals surface area (Å²) in [5.74, 6) is -0.0802. The van der Waals surface area contributed by atoms with Gasteiger partial charge in [0.15, 0.2) is 0 Å². The Morgan fingerprint density at radius 3 is 2.59 bits per heavy atom. The van der Waals surface area contributed by atoms with Crippen molar-refractivity contribution in [2.75, 3.05) is 6.54 Å². The topological polar surface area (TPSA) is 76.0 Å². The highest BCUT2D eigenvalue weighted by molar-refractivity contribution is 5.79. The van der Waals surface area contributed by atoms with E-state index in [1.165, 1.54) is 17.1 Å². The summed E-state index contributed by atoms with van der Waals surface area (Å²) >= 11 is 0. The van der Waals surface area contributed by atoms with E-state index in [0.29, 0.717) is 6.54 Å². The monoisotopic (exact) mass is 238 g/mol. The van der Waals surface area contributed by atoms with Gasteiger partial charge in [-0.25, -0.2) is 9.78 Å². The summed E-state index contributed by atoms with van der Waals surface area (Å²) in [7, 11) is 0. The fourth-order valence-corrected chi connectivity index (χ4v) is 1.23. The largest absolute Gasteiger partial charge is 0.351 e. The Kier molecular flexibility index (Phi) is 4.25. The molecule has 0 aliphatic carbocycles. The van der Waals surface area contributed by atoms with Crippen LogP contribution in [0.15, 0.2) is 18.7 Å². The first-order valence-electron chi connectivity index (χ1n) is 5.46. The predicted octanol–water partition coefficient (Wildman–Crippen LogP) is 0.746. The van der Waals surface area contributed by atoms with Gasteiger partial charge in [0.2, 0.25) is 5.91 Å². The Morgan fingerprint density at radius 1 is 1.35 bits per heavy atom. The maximum atomic E-state index is 11.5. The third-order valence-electron chi connectivity index (χ3n) is 1.88. The van der Waals surface area contributed by atoms with Gasteiger partial charge in [0, 0.05) is 30.9 Å². The molecule has 0 bridgehead atoms. The molecule has 0 spiro atoms. The lowest BCUT2D eigenvalue weighted by molar-refractivity contribution is -0.122. The summed E-state index contributed by atoms with van der Waals surface area (Å²) < 4.78 is 1.32. The summed E-state index contributed by atoms with van der Waals surface area (Å²) in [4.78, 5) is 26.7. The van der Waals surface area contributed by atoms with Crippen LogP contribution < -0.4 is 10.6 Å². The Hall–Kier alpha value is -1.85. The number of carbonyl (C=O) groups is 2. The van der Waals surface area contributed by atoms with Crippen LogP contribution in [0.5, 0.6) is 0 Å². The lowest BCUT2D eigenvalue weighted by Gasteiger charge is -2.20. The van der Waals surface area contributed by atoms with Crippen molar-refractivity contribution in [3.8, 4) is 0 Å². The molecule has 0 saturated carbocycles. The minimum atomic E-state index is -0.286. The van der Waals surface area contributed by atoms with Crippen LogP contribution in [-0.2, 0) is 4.79 Å². The fraction of sp³-hybridized carbons (Fsp3) is 0.545. The summed E-state index contributed by atoms with van der Waals surface area (Å²) in [6.07, 6.45) is 4.73. The van der Waals surface area contributed by atoms with Crippen molar-refractivity contribution >= 4 is 11.9 Å². The smallest absolute Gasteiger partial charge is 0.326 e. The van der Waals surface area contributed by atoms with E-state index in [2.05, 4.69) is 15.6 Å². The van der Waals surface area contributed by atoms with Gasteiger partial charge >= 0.3 is 6.03 Å². The van der Waals surface area contributed by atoms with Crippen molar-refractivity contribution in [2.45, 2.75) is 32.7 Å². The molecule has 6 heteroatoms. The van der Waals surface area contributed by atoms with Gasteiger partial charge in [-0.2, -0.15) is 0 Å². The molecule has 6 nitrogen and oxygen atoms in total. The van der Waals surface area contributed by atoms with E-state index >= 15 is 0 Å². The molecule has 1 heterocycles. The molecule has 94 valence electrons. The summed E-state index contributed by atoms with van der Waals surface area (Å²) in [5, 5.41) is 5.44. The second-order valence-electron chi connectivity index (χ2n) is 4.75. The van der Waals surface area contributed by atoms with Gasteiger partial charge in [-0.05, 0) is 20.8 Å². The molecule has 0 atom stereocenters. The minimum Gasteiger partial charge on any atom is -0.351 e. The molecule has 0 radical (unpaired) electrons. The van der Waals surface area contributed by atoms with Gasteiger partial charge < -0.3 is 10.6 Å². The number of rotatable bonds is 3. The van der Waals surface area contributed by atoms with Gasteiger partial charge in [-0.15, -0.1) is 0 Å². The van der Waals surface area contributed by atoms with E-state index in [9.17, 15) is 9.59 Å². The Bertz CT molecular complexity index is 379. The number of imidazole rings is 1. The van der Waals surface area contributed by atoms with Crippen LogP contribution in [-0.4, -0.2) is 33.6 Å². The highest BCUT2D eigenvalue weighted by Gasteiger charge is 2.13. The average Bonchev–Trinajstić information content (AvgIpc) is 2.66. The summed E-state index contributed by atoms with van der Waals surface area (Å²) in [6, 6.07) is -0.286. The maximum Gasteiger partial charge on any atom is 0.326 e. The molecule has 2 amide bonds. The van der Waals surface area contributed by atoms with E-state index in [1.54, 1.807) is 6.20 Å². The zero-order valence-electron chi connectivity index (χ0n) is 10.4. The second kappa shape index (κ2) is 5.47. The quantitative estimate of drug-likeness (QED) is 0.815. The predicted molar refractivity (Wildman–Crippen MR) is 63.5 cm³/mol. The van der Waals surface area contributed by atoms with Crippen LogP contribution in [0, 0.1) is 0 Å². The van der Waals surface area contributed by atoms with Gasteiger partial charge in [0.25, 0.3) is 0 Å². The third-order valence-corrected chi connectivity index (χ3v) is 1.88. The number of nitrogens with one attached hydrogen (secondary N) is 2. The average molecular weight is 238 g/mol. The number of aromatic nitrogens is 2. The van der Waals surface area contributed by atoms with Crippen LogP contribution in [0.1, 0.15) is 27.2 Å². The standard InChI is InChI=1S/C11H18N4O2/c1-11(2,3)14-9(16)4-5-13-10(17)15-7-6-12-8-15/h6-8H,4-5H2,1-3H3,(H,13,17)(H,14,16). The van der Waals surface area contributed by atoms with Crippen molar-refractivity contribution in [1.29, 1.82) is 0 Å². The molecule has 0 aliphatic heterocycles. The third kappa shape index (κ3) is 5.14. The first kappa shape index (κ1) is 13.2. The first-order chi connectivity index (χ1) is 7.88. The van der Waals surface area contributed by atoms with Crippen molar-refractivity contribution in [3.63, 3.8) is 0 Å². The van der Waals surface area contributed by atoms with Crippen LogP contribution in [0.4, 0.5) is 4.79 Å². The lowest BCUT2D eigenvalue weighted by atomic mass is 10.1. The molecule has 1 aromatic heterocycles. The van der Waals surface area contributed by atoms with E-state index in [0.717, 1.165) is 0 Å². The number of hydrogen-bond acceptors (Lipinski definition) is 3. The fourth-order valence-electron chi connectivity index (χ4n) is 1.23. The Morgan fingerprint density at radius 2 is 2.06 bits per heavy atom. The van der Waals surface area contributed by atoms with Gasteiger partial charge in [-0.3, -0.25) is 9.36 Å². The molecule has 0 unspecified atom stereocenters. The molecule has 1 aromatic rings. The molecular weight excluding hydrogens is 220 g/mol. The lowest BCUT2D eigenvalue weighted by Crippen LogP contribution is -2.42. The first-order valence-corrected chi connectivity index (χ1v) is 5.46. The van der Waals surface area contributed by atoms with E-state index < -0.39 is 0 Å². The molecule has 1 rings (SSSR count). The van der Waals surface area contributed by atoms with Gasteiger partial charge in [-0.1, -0.05) is 0 Å². The zero-order chi connectivity index (χ0) is 12.9. The Labute approximate surface area is 100 Å². The summed E-state index contributed by atoms with van der Waals surface area (Å²) in [5.41, 5.74) is -0.245. The SMILES string of the molecule is CC(C)(C)NC(=O)CCNC(=O)n1ccnc1. The minimum absolute atomic E-state index is 0.0802. The van der Waals surface area contributed by atoms with Crippen molar-refractivity contribution in [3.05, 3.63) is 18.7 Å². The van der Waals surface area contributed by atoms with Crippen molar-refractivity contribution < 1.29 is 9.59 Å². The van der Waals surface area contributed by atoms with Crippen LogP contribution >= 0.6 is 0 Å². The normalized spacial score (nSPS) is 11.0. The van der Waals surface area contributed by atoms with E-state index in [-0.39, 0.29) is 23.9 Å². The molecule has 0 saturated heterocycles. The number of carbonyl (C=O) groups excluding carboxylic acids is 2. The zero-order valence-corrected chi connectivity index (χ0v) is 10.4. The van der Waals surface area contributed by atoms with E-state index in [4.69, 9.17) is 0 Å². The molecule has 2 N–H and O–H groups in total. The van der Waals surface area contributed by atoms with Gasteiger partial charge in [0.1, 0.15) is 6.33 Å². The van der Waals surface area contributed by atoms with E-state index in [1.807, 2.05) is 20.8 Å². The van der Waals surface area contributed by atoms with Crippen LogP contribution in [0.25, 0.3) is 0 Å². The highest BCUT2D eigenvalue weighted by atomic mass is 16.2. The molecule has 0 aromatic carbocycles. The van der Waals surface area contributed by atoms with Crippen molar-refractivity contribution in [1.82, 2.24) is 20.2 Å². The Balaban J connectivity index is 2.24. The molecule has 0 aliphatic rings. The van der Waals surface area contributed by atoms with Crippen molar-refractivity contribution in [2.24, 2.45) is 0 Å². The van der Waals surface area contributed by atoms with Crippen LogP contribution in [0.2, 0.25) is 0 Å². The van der Waals surface area contributed by atoms with Gasteiger partial charge in [0.05, 0.1) is 0 Å². The van der Waals surface area contributed by atoms with Crippen LogP contribution in [0.3, 0.4) is 0 Å². The maximum absolute atomic E-state index is 11.5. The number of nitrogens with zero attached hydrogens (tertiary/aromatic N) is 2. The highest BCUT2D eigenvalue weighted by Crippen LogP contribution is 1.98. The number of amides is 2. The summed E-state index contributed by atoms with van der Waals surface area (Å²) in [6.45, 7) is 6.04. The molecule has 17 heavy (non-hydrogen) atoms.